The SMILES string of the molecule is Cc1nonc1NC(=O)COc1ccc(Cl)c(Cl)c1. The number of anilines is 1. The van der Waals surface area contributed by atoms with E-state index in [-0.39, 0.29) is 18.3 Å². The molecule has 0 unspecified atom stereocenters. The van der Waals surface area contributed by atoms with Crippen molar-refractivity contribution in [2.75, 3.05) is 11.9 Å². The number of hydrogen-bond donors (Lipinski definition) is 1. The van der Waals surface area contributed by atoms with E-state index in [1.165, 1.54) is 6.07 Å². The number of halogens is 2. The lowest BCUT2D eigenvalue weighted by atomic mass is 10.3. The minimum Gasteiger partial charge on any atom is -0.484 e. The molecule has 1 aromatic heterocycles. The minimum absolute atomic E-state index is 0.190. The highest BCUT2D eigenvalue weighted by atomic mass is 35.5. The van der Waals surface area contributed by atoms with Crippen molar-refractivity contribution >= 4 is 34.9 Å². The van der Waals surface area contributed by atoms with Gasteiger partial charge in [0.2, 0.25) is 0 Å². The Morgan fingerprint density at radius 1 is 1.37 bits per heavy atom. The molecule has 0 bridgehead atoms. The average molecular weight is 302 g/mol. The molecule has 6 nitrogen and oxygen atoms in total. The van der Waals surface area contributed by atoms with Crippen molar-refractivity contribution in [2.45, 2.75) is 6.92 Å². The van der Waals surface area contributed by atoms with Gasteiger partial charge in [-0.05, 0) is 24.2 Å². The Morgan fingerprint density at radius 2 is 2.16 bits per heavy atom. The lowest BCUT2D eigenvalue weighted by molar-refractivity contribution is -0.118. The molecule has 0 saturated carbocycles. The Bertz CT molecular complexity index is 601. The number of hydrogen-bond acceptors (Lipinski definition) is 5. The lowest BCUT2D eigenvalue weighted by Gasteiger charge is -2.06. The molecular formula is C11H9Cl2N3O3. The van der Waals surface area contributed by atoms with Crippen LogP contribution in [0.5, 0.6) is 5.75 Å². The Kier molecular flexibility index (Phi) is 4.24. The van der Waals surface area contributed by atoms with Crippen LogP contribution >= 0.6 is 23.2 Å². The highest BCUT2D eigenvalue weighted by molar-refractivity contribution is 6.42. The summed E-state index contributed by atoms with van der Waals surface area (Å²) in [6.45, 7) is 1.47. The van der Waals surface area contributed by atoms with Crippen LogP contribution in [0, 0.1) is 6.92 Å². The third-order valence-corrected chi connectivity index (χ3v) is 2.91. The van der Waals surface area contributed by atoms with Gasteiger partial charge in [-0.2, -0.15) is 0 Å². The summed E-state index contributed by atoms with van der Waals surface area (Å²) >= 11 is 11.6. The highest BCUT2D eigenvalue weighted by Gasteiger charge is 2.10. The van der Waals surface area contributed by atoms with Gasteiger partial charge in [0.05, 0.1) is 10.0 Å². The smallest absolute Gasteiger partial charge is 0.263 e. The van der Waals surface area contributed by atoms with E-state index in [0.29, 0.717) is 21.5 Å². The molecule has 1 aromatic carbocycles. The zero-order valence-electron chi connectivity index (χ0n) is 9.81. The van der Waals surface area contributed by atoms with E-state index in [1.807, 2.05) is 0 Å². The highest BCUT2D eigenvalue weighted by Crippen LogP contribution is 2.26. The maximum Gasteiger partial charge on any atom is 0.263 e. The summed E-state index contributed by atoms with van der Waals surface area (Å²) in [5, 5.41) is 10.3. The van der Waals surface area contributed by atoms with Crippen molar-refractivity contribution in [1.82, 2.24) is 10.3 Å². The molecule has 0 radical (unpaired) electrons. The van der Waals surface area contributed by atoms with E-state index >= 15 is 0 Å². The molecule has 1 amide bonds. The standard InChI is InChI=1S/C11H9Cl2N3O3/c1-6-11(16-19-15-6)14-10(17)5-18-7-2-3-8(12)9(13)4-7/h2-4H,5H2,1H3,(H,14,16,17). The van der Waals surface area contributed by atoms with Gasteiger partial charge in [-0.1, -0.05) is 28.4 Å². The first kappa shape index (κ1) is 13.6. The predicted molar refractivity (Wildman–Crippen MR) is 69.6 cm³/mol. The summed E-state index contributed by atoms with van der Waals surface area (Å²) in [6, 6.07) is 4.73. The maximum absolute atomic E-state index is 11.6. The Morgan fingerprint density at radius 3 is 2.79 bits per heavy atom. The molecule has 8 heteroatoms. The molecule has 100 valence electrons. The van der Waals surface area contributed by atoms with Crippen molar-refractivity contribution in [3.05, 3.63) is 33.9 Å². The summed E-state index contributed by atoms with van der Waals surface area (Å²) in [5.41, 5.74) is 0.489. The number of carbonyl (C=O) groups excluding carboxylic acids is 1. The fraction of sp³-hybridized carbons (Fsp3) is 0.182. The van der Waals surface area contributed by atoms with Crippen molar-refractivity contribution in [2.24, 2.45) is 0 Å². The molecule has 0 aliphatic heterocycles. The first-order chi connectivity index (χ1) is 9.06. The van der Waals surface area contributed by atoms with Crippen molar-refractivity contribution in [3.63, 3.8) is 0 Å². The number of nitrogens with zero attached hydrogens (tertiary/aromatic N) is 2. The van der Waals surface area contributed by atoms with Gasteiger partial charge in [-0.25, -0.2) is 4.63 Å². The average Bonchev–Trinajstić information content (AvgIpc) is 2.77. The van der Waals surface area contributed by atoms with Crippen LogP contribution in [-0.4, -0.2) is 22.8 Å². The van der Waals surface area contributed by atoms with E-state index in [2.05, 4.69) is 20.3 Å². The minimum atomic E-state index is -0.384. The molecule has 1 N–H and O–H groups in total. The largest absolute Gasteiger partial charge is 0.484 e. The van der Waals surface area contributed by atoms with Crippen molar-refractivity contribution in [3.8, 4) is 5.75 Å². The summed E-state index contributed by atoms with van der Waals surface area (Å²) in [4.78, 5) is 11.6. The number of rotatable bonds is 4. The van der Waals surface area contributed by atoms with Gasteiger partial charge < -0.3 is 10.1 Å². The van der Waals surface area contributed by atoms with Crippen molar-refractivity contribution < 1.29 is 14.2 Å². The van der Waals surface area contributed by atoms with Crippen LogP contribution in [0.15, 0.2) is 22.8 Å². The van der Waals surface area contributed by atoms with E-state index in [4.69, 9.17) is 27.9 Å². The third-order valence-electron chi connectivity index (χ3n) is 2.17. The second-order valence-electron chi connectivity index (χ2n) is 3.61. The maximum atomic E-state index is 11.6. The molecule has 2 rings (SSSR count). The van der Waals surface area contributed by atoms with Crippen LogP contribution in [-0.2, 0) is 4.79 Å². The number of aryl methyl sites for hydroxylation is 1. The molecule has 19 heavy (non-hydrogen) atoms. The topological polar surface area (TPSA) is 77.3 Å². The molecule has 1 heterocycles. The number of ether oxygens (including phenoxy) is 1. The monoisotopic (exact) mass is 301 g/mol. The van der Waals surface area contributed by atoms with Crippen LogP contribution in [0.4, 0.5) is 5.82 Å². The first-order valence-electron chi connectivity index (χ1n) is 5.23. The number of carbonyl (C=O) groups is 1. The van der Waals surface area contributed by atoms with E-state index < -0.39 is 0 Å². The summed E-state index contributed by atoms with van der Waals surface area (Å²) < 4.78 is 9.71. The second kappa shape index (κ2) is 5.90. The lowest BCUT2D eigenvalue weighted by Crippen LogP contribution is -2.20. The summed E-state index contributed by atoms with van der Waals surface area (Å²) in [5.74, 6) is 0.326. The molecule has 2 aromatic rings. The number of nitrogens with one attached hydrogen (secondary N) is 1. The molecule has 0 spiro atoms. The zero-order chi connectivity index (χ0) is 13.8. The van der Waals surface area contributed by atoms with Crippen molar-refractivity contribution in [1.29, 1.82) is 0 Å². The third kappa shape index (κ3) is 3.59. The van der Waals surface area contributed by atoms with Gasteiger partial charge in [-0.15, -0.1) is 0 Å². The van der Waals surface area contributed by atoms with Crippen LogP contribution in [0.3, 0.4) is 0 Å². The molecule has 0 atom stereocenters. The van der Waals surface area contributed by atoms with Crippen LogP contribution in [0.1, 0.15) is 5.69 Å². The zero-order valence-corrected chi connectivity index (χ0v) is 11.3. The van der Waals surface area contributed by atoms with E-state index in [0.717, 1.165) is 0 Å². The molecule has 0 fully saturated rings. The van der Waals surface area contributed by atoms with Crippen LogP contribution in [0.25, 0.3) is 0 Å². The number of aromatic nitrogens is 2. The number of benzene rings is 1. The first-order valence-corrected chi connectivity index (χ1v) is 5.98. The summed E-state index contributed by atoms with van der Waals surface area (Å²) in [6.07, 6.45) is 0. The molecular weight excluding hydrogens is 293 g/mol. The molecule has 0 saturated heterocycles. The molecule has 0 aliphatic rings. The van der Waals surface area contributed by atoms with E-state index in [9.17, 15) is 4.79 Å². The van der Waals surface area contributed by atoms with Gasteiger partial charge in [-0.3, -0.25) is 4.79 Å². The van der Waals surface area contributed by atoms with Gasteiger partial charge in [0.15, 0.2) is 12.4 Å². The summed E-state index contributed by atoms with van der Waals surface area (Å²) in [7, 11) is 0. The quantitative estimate of drug-likeness (QED) is 0.939. The van der Waals surface area contributed by atoms with Crippen LogP contribution in [0.2, 0.25) is 10.0 Å². The van der Waals surface area contributed by atoms with Gasteiger partial charge in [0.25, 0.3) is 5.91 Å². The van der Waals surface area contributed by atoms with Gasteiger partial charge in [0, 0.05) is 6.07 Å². The van der Waals surface area contributed by atoms with Crippen LogP contribution < -0.4 is 10.1 Å². The van der Waals surface area contributed by atoms with Gasteiger partial charge >= 0.3 is 0 Å². The predicted octanol–water partition coefficient (Wildman–Crippen LogP) is 2.70. The Balaban J connectivity index is 1.90. The Hall–Kier alpha value is -1.79. The fourth-order valence-electron chi connectivity index (χ4n) is 1.23. The Labute approximate surface area is 118 Å². The molecule has 0 aliphatic carbocycles. The normalized spacial score (nSPS) is 10.3. The van der Waals surface area contributed by atoms with Gasteiger partial charge in [0.1, 0.15) is 11.4 Å². The number of amides is 1. The second-order valence-corrected chi connectivity index (χ2v) is 4.43. The van der Waals surface area contributed by atoms with E-state index in [1.54, 1.807) is 19.1 Å². The fourth-order valence-corrected chi connectivity index (χ4v) is 1.52.